The van der Waals surface area contributed by atoms with Gasteiger partial charge in [0, 0.05) is 13.2 Å². The maximum Gasteiger partial charge on any atom is 0.156 e. The van der Waals surface area contributed by atoms with Crippen LogP contribution in [0.15, 0.2) is 12.7 Å². The molecular formula is C14H40O2Si2. The highest BCUT2D eigenvalue weighted by Crippen LogP contribution is 1.87. The standard InChI is InChI=1S/C7H14O.C4H14OSi2.3CH4/c1-3-5-7-8-6-4-2;1-6(2)5-7(3)4;;;/h3H,1,4-7H2,2H3;6-7H,1-4H3;3*1H4. The van der Waals surface area contributed by atoms with Gasteiger partial charge in [0.15, 0.2) is 18.1 Å². The van der Waals surface area contributed by atoms with Crippen LogP contribution >= 0.6 is 0 Å². The Morgan fingerprint density at radius 1 is 0.944 bits per heavy atom. The van der Waals surface area contributed by atoms with Gasteiger partial charge in [-0.3, -0.25) is 0 Å². The SMILES string of the molecule is C.C.C.C=CCCOCCC.C[SiH](C)O[SiH](C)C. The highest BCUT2D eigenvalue weighted by atomic mass is 28.4. The topological polar surface area (TPSA) is 18.5 Å². The van der Waals surface area contributed by atoms with Crippen LogP contribution in [0.2, 0.25) is 26.2 Å². The molecule has 0 unspecified atom stereocenters. The number of hydrogen-bond acceptors (Lipinski definition) is 2. The normalized spacial score (nSPS) is 8.39. The maximum atomic E-state index is 5.53. The maximum absolute atomic E-state index is 5.53. The van der Waals surface area contributed by atoms with E-state index in [2.05, 4.69) is 39.7 Å². The molecule has 0 spiro atoms. The third-order valence-corrected chi connectivity index (χ3v) is 5.71. The van der Waals surface area contributed by atoms with Crippen LogP contribution in [-0.4, -0.2) is 31.3 Å². The molecule has 4 heteroatoms. The number of ether oxygens (including phenoxy) is 1. The Kier molecular flexibility index (Phi) is 44.2. The van der Waals surface area contributed by atoms with E-state index in [0.29, 0.717) is 0 Å². The van der Waals surface area contributed by atoms with Crippen LogP contribution in [0.5, 0.6) is 0 Å². The first-order valence-electron chi connectivity index (χ1n) is 5.88. The second-order valence-corrected chi connectivity index (χ2v) is 9.21. The number of hydrogen-bond donors (Lipinski definition) is 0. The van der Waals surface area contributed by atoms with Gasteiger partial charge in [-0.25, -0.2) is 0 Å². The largest absolute Gasteiger partial charge is 0.461 e. The quantitative estimate of drug-likeness (QED) is 0.379. The minimum absolute atomic E-state index is 0. The van der Waals surface area contributed by atoms with Crippen molar-refractivity contribution in [2.24, 2.45) is 0 Å². The van der Waals surface area contributed by atoms with Crippen molar-refractivity contribution in [2.45, 2.75) is 68.2 Å². The molecule has 0 saturated carbocycles. The summed E-state index contributed by atoms with van der Waals surface area (Å²) in [4.78, 5) is 0. The van der Waals surface area contributed by atoms with E-state index in [-0.39, 0.29) is 22.3 Å². The average molecular weight is 297 g/mol. The van der Waals surface area contributed by atoms with Crippen molar-refractivity contribution in [3.63, 3.8) is 0 Å². The monoisotopic (exact) mass is 296 g/mol. The molecule has 2 nitrogen and oxygen atoms in total. The summed E-state index contributed by atoms with van der Waals surface area (Å²) >= 11 is 0. The lowest BCUT2D eigenvalue weighted by molar-refractivity contribution is 0.139. The molecule has 0 heterocycles. The molecule has 0 aliphatic heterocycles. The molecule has 0 aliphatic rings. The molecule has 0 aromatic heterocycles. The van der Waals surface area contributed by atoms with Crippen molar-refractivity contribution in [3.05, 3.63) is 12.7 Å². The van der Waals surface area contributed by atoms with Crippen LogP contribution in [0.25, 0.3) is 0 Å². The lowest BCUT2D eigenvalue weighted by Crippen LogP contribution is -2.17. The van der Waals surface area contributed by atoms with Gasteiger partial charge in [-0.1, -0.05) is 35.3 Å². The van der Waals surface area contributed by atoms with E-state index >= 15 is 0 Å². The zero-order chi connectivity index (χ0) is 12.1. The predicted molar refractivity (Wildman–Crippen MR) is 95.0 cm³/mol. The van der Waals surface area contributed by atoms with Gasteiger partial charge in [0.2, 0.25) is 0 Å². The van der Waals surface area contributed by atoms with E-state index in [1.807, 2.05) is 6.08 Å². The fraction of sp³-hybridized carbons (Fsp3) is 0.857. The minimum atomic E-state index is -0.667. The highest BCUT2D eigenvalue weighted by molar-refractivity contribution is 6.63. The fourth-order valence-corrected chi connectivity index (χ4v) is 5.31. The second-order valence-electron chi connectivity index (χ2n) is 3.92. The first-order valence-corrected chi connectivity index (χ1v) is 11.4. The summed E-state index contributed by atoms with van der Waals surface area (Å²) in [5, 5.41) is 0. The lowest BCUT2D eigenvalue weighted by atomic mass is 10.4. The molecule has 0 saturated heterocycles. The molecule has 0 radical (unpaired) electrons. The summed E-state index contributed by atoms with van der Waals surface area (Å²) < 4.78 is 10.7. The van der Waals surface area contributed by atoms with E-state index in [4.69, 9.17) is 8.85 Å². The Labute approximate surface area is 121 Å². The number of rotatable bonds is 7. The zero-order valence-electron chi connectivity index (χ0n) is 11.1. The van der Waals surface area contributed by atoms with Gasteiger partial charge in [-0.05, 0) is 39.0 Å². The third-order valence-electron chi connectivity index (χ3n) is 1.36. The summed E-state index contributed by atoms with van der Waals surface area (Å²) in [6.45, 7) is 16.3. The molecule has 116 valence electrons. The Balaban J connectivity index is -0.0000000540. The van der Waals surface area contributed by atoms with Crippen molar-refractivity contribution < 1.29 is 8.85 Å². The third kappa shape index (κ3) is 44.3. The molecule has 0 fully saturated rings. The lowest BCUT2D eigenvalue weighted by Gasteiger charge is -2.07. The van der Waals surface area contributed by atoms with Crippen LogP contribution in [0.4, 0.5) is 0 Å². The Morgan fingerprint density at radius 3 is 1.61 bits per heavy atom. The van der Waals surface area contributed by atoms with Gasteiger partial charge in [-0.2, -0.15) is 0 Å². The molecule has 0 bridgehead atoms. The Bertz CT molecular complexity index is 123. The Hall–Kier alpha value is 0.0938. The van der Waals surface area contributed by atoms with Crippen LogP contribution in [0.1, 0.15) is 42.0 Å². The summed E-state index contributed by atoms with van der Waals surface area (Å²) in [5.41, 5.74) is 0. The van der Waals surface area contributed by atoms with Gasteiger partial charge in [0.1, 0.15) is 0 Å². The van der Waals surface area contributed by atoms with Gasteiger partial charge < -0.3 is 8.85 Å². The first kappa shape index (κ1) is 30.8. The molecule has 0 aromatic carbocycles. The second kappa shape index (κ2) is 25.8. The zero-order valence-corrected chi connectivity index (χ0v) is 13.4. The molecule has 0 atom stereocenters. The van der Waals surface area contributed by atoms with Gasteiger partial charge in [0.25, 0.3) is 0 Å². The first-order chi connectivity index (χ1) is 7.04. The fourth-order valence-electron chi connectivity index (χ4n) is 0.957. The predicted octanol–water partition coefficient (Wildman–Crippen LogP) is 4.87. The van der Waals surface area contributed by atoms with E-state index in [9.17, 15) is 0 Å². The molecule has 0 aliphatic carbocycles. The molecule has 18 heavy (non-hydrogen) atoms. The van der Waals surface area contributed by atoms with Crippen molar-refractivity contribution in [1.82, 2.24) is 0 Å². The van der Waals surface area contributed by atoms with E-state index < -0.39 is 18.1 Å². The molecular weight excluding hydrogens is 256 g/mol. The molecule has 0 amide bonds. The van der Waals surface area contributed by atoms with Crippen LogP contribution in [0.3, 0.4) is 0 Å². The van der Waals surface area contributed by atoms with Crippen molar-refractivity contribution >= 4 is 18.1 Å². The summed E-state index contributed by atoms with van der Waals surface area (Å²) in [6.07, 6.45) is 3.95. The van der Waals surface area contributed by atoms with E-state index in [0.717, 1.165) is 26.1 Å². The Morgan fingerprint density at radius 2 is 1.39 bits per heavy atom. The van der Waals surface area contributed by atoms with Crippen LogP contribution < -0.4 is 0 Å². The summed E-state index contributed by atoms with van der Waals surface area (Å²) in [5.74, 6) is 0. The molecule has 0 rings (SSSR count). The van der Waals surface area contributed by atoms with Crippen molar-refractivity contribution in [3.8, 4) is 0 Å². The van der Waals surface area contributed by atoms with Gasteiger partial charge >= 0.3 is 0 Å². The summed E-state index contributed by atoms with van der Waals surface area (Å²) in [7, 11) is -1.33. The smallest absolute Gasteiger partial charge is 0.156 e. The van der Waals surface area contributed by atoms with Gasteiger partial charge in [-0.15, -0.1) is 6.58 Å². The van der Waals surface area contributed by atoms with E-state index in [1.54, 1.807) is 0 Å². The van der Waals surface area contributed by atoms with Crippen molar-refractivity contribution in [1.29, 1.82) is 0 Å². The average Bonchev–Trinajstić information content (AvgIpc) is 2.11. The van der Waals surface area contributed by atoms with E-state index in [1.165, 1.54) is 0 Å². The minimum Gasteiger partial charge on any atom is -0.461 e. The van der Waals surface area contributed by atoms with Gasteiger partial charge in [0.05, 0.1) is 0 Å². The molecule has 0 N–H and O–H groups in total. The summed E-state index contributed by atoms with van der Waals surface area (Å²) in [6, 6.07) is 0. The van der Waals surface area contributed by atoms with Crippen LogP contribution in [-0.2, 0) is 8.85 Å². The highest BCUT2D eigenvalue weighted by Gasteiger charge is 1.97. The van der Waals surface area contributed by atoms with Crippen LogP contribution in [0, 0.1) is 0 Å². The van der Waals surface area contributed by atoms with Crippen molar-refractivity contribution in [2.75, 3.05) is 13.2 Å². The molecule has 0 aromatic rings.